The first-order valence-electron chi connectivity index (χ1n) is 5.27. The fourth-order valence-electron chi connectivity index (χ4n) is 1.08. The monoisotopic (exact) mass is 195 g/mol. The van der Waals surface area contributed by atoms with Gasteiger partial charge in [-0.15, -0.1) is 0 Å². The molecule has 0 heterocycles. The van der Waals surface area contributed by atoms with Crippen molar-refractivity contribution in [1.82, 2.24) is 0 Å². The van der Waals surface area contributed by atoms with Crippen molar-refractivity contribution in [2.24, 2.45) is 0 Å². The average Bonchev–Trinajstić information content (AvgIpc) is 2.15. The molecule has 0 rings (SSSR count). The van der Waals surface area contributed by atoms with Crippen LogP contribution in [0.1, 0.15) is 45.4 Å². The van der Waals surface area contributed by atoms with Crippen molar-refractivity contribution in [1.29, 1.82) is 0 Å². The average molecular weight is 195 g/mol. The van der Waals surface area contributed by atoms with Crippen LogP contribution in [-0.2, 0) is 4.79 Å². The predicted octanol–water partition coefficient (Wildman–Crippen LogP) is 2.21. The van der Waals surface area contributed by atoms with Gasteiger partial charge in [-0.25, -0.2) is 0 Å². The van der Waals surface area contributed by atoms with Gasteiger partial charge in [0.2, 0.25) is 0 Å². The summed E-state index contributed by atoms with van der Waals surface area (Å²) in [5.74, 6) is -1.02. The van der Waals surface area contributed by atoms with Crippen LogP contribution in [0, 0.1) is 0 Å². The van der Waals surface area contributed by atoms with Gasteiger partial charge in [0.05, 0.1) is 0 Å². The maximum Gasteiger partial charge on any atom is 0.0452 e. The van der Waals surface area contributed by atoms with E-state index in [1.165, 1.54) is 19.3 Å². The van der Waals surface area contributed by atoms with Crippen LogP contribution >= 0.6 is 0 Å². The van der Waals surface area contributed by atoms with Crippen molar-refractivity contribution in [2.75, 3.05) is 0 Å². The van der Waals surface area contributed by atoms with E-state index in [-0.39, 0.29) is 6.42 Å². The molecule has 0 aliphatic heterocycles. The highest BCUT2D eigenvalue weighted by Crippen LogP contribution is 2.00. The second-order valence-electron chi connectivity index (χ2n) is 3.25. The zero-order valence-corrected chi connectivity index (χ0v) is 8.87. The first kappa shape index (κ1) is 12.9. The number of aliphatic carboxylic acids is 1. The van der Waals surface area contributed by atoms with Crippen LogP contribution in [0.4, 0.5) is 0 Å². The molecule has 0 radical (unpaired) electrons. The van der Waals surface area contributed by atoms with E-state index in [1.54, 1.807) is 6.08 Å². The van der Waals surface area contributed by atoms with E-state index < -0.39 is 5.97 Å². The van der Waals surface area contributed by atoms with E-state index in [1.807, 2.05) is 6.08 Å². The van der Waals surface area contributed by atoms with Crippen LogP contribution in [-0.4, -0.2) is 5.97 Å². The first-order valence-corrected chi connectivity index (χ1v) is 5.27. The predicted molar refractivity (Wildman–Crippen MR) is 56.7 cm³/mol. The summed E-state index contributed by atoms with van der Waals surface area (Å²) < 4.78 is 0. The highest BCUT2D eigenvalue weighted by molar-refractivity contribution is 5.66. The minimum Gasteiger partial charge on any atom is -0.550 e. The number of carbonyl (C=O) groups is 1. The lowest BCUT2D eigenvalue weighted by Gasteiger charge is -1.92. The van der Waals surface area contributed by atoms with E-state index in [4.69, 9.17) is 0 Å². The molecule has 0 unspecified atom stereocenters. The third kappa shape index (κ3) is 11.0. The number of allylic oxidation sites excluding steroid dienone is 3. The van der Waals surface area contributed by atoms with E-state index in [9.17, 15) is 9.90 Å². The van der Waals surface area contributed by atoms with Gasteiger partial charge in [0, 0.05) is 12.4 Å². The summed E-state index contributed by atoms with van der Waals surface area (Å²) in [5, 5.41) is 10.0. The fourth-order valence-corrected chi connectivity index (χ4v) is 1.08. The van der Waals surface area contributed by atoms with Crippen molar-refractivity contribution in [3.63, 3.8) is 0 Å². The van der Waals surface area contributed by atoms with Crippen LogP contribution in [0.2, 0.25) is 0 Å². The molecule has 0 fully saturated rings. The first-order chi connectivity index (χ1) is 6.77. The molecule has 2 heteroatoms. The zero-order chi connectivity index (χ0) is 10.6. The van der Waals surface area contributed by atoms with Gasteiger partial charge in [-0.3, -0.25) is 0 Å². The molecule has 0 saturated carbocycles. The standard InChI is InChI=1S/C12H20O2/c1-2-3-4-5-6-7-8-9-10-11-12(13)14/h6-7,9-10H,2-5,8,11H2,1H3,(H,13,14)/p-1/b7-6+,10-9+. The Bertz CT molecular complexity index is 192. The number of carboxylic acid groups (broad SMARTS) is 1. The summed E-state index contributed by atoms with van der Waals surface area (Å²) in [6.45, 7) is 2.19. The smallest absolute Gasteiger partial charge is 0.0452 e. The molecule has 14 heavy (non-hydrogen) atoms. The van der Waals surface area contributed by atoms with Gasteiger partial charge in [0.15, 0.2) is 0 Å². The van der Waals surface area contributed by atoms with Crippen LogP contribution in [0.25, 0.3) is 0 Å². The van der Waals surface area contributed by atoms with Crippen molar-refractivity contribution in [2.45, 2.75) is 45.4 Å². The summed E-state index contributed by atoms with van der Waals surface area (Å²) >= 11 is 0. The zero-order valence-electron chi connectivity index (χ0n) is 8.87. The van der Waals surface area contributed by atoms with Crippen molar-refractivity contribution < 1.29 is 9.90 Å². The van der Waals surface area contributed by atoms with E-state index in [0.717, 1.165) is 12.8 Å². The Kier molecular flexibility index (Phi) is 9.28. The second-order valence-corrected chi connectivity index (χ2v) is 3.25. The molecule has 0 aromatic rings. The molecule has 2 nitrogen and oxygen atoms in total. The van der Waals surface area contributed by atoms with E-state index >= 15 is 0 Å². The maximum atomic E-state index is 10.0. The normalized spacial score (nSPS) is 11.5. The SMILES string of the molecule is CCCCC/C=C/C/C=C/CC(=O)[O-]. The van der Waals surface area contributed by atoms with Crippen molar-refractivity contribution in [3.8, 4) is 0 Å². The van der Waals surface area contributed by atoms with Gasteiger partial charge in [-0.05, 0) is 19.3 Å². The Hall–Kier alpha value is -1.05. The van der Waals surface area contributed by atoms with Gasteiger partial charge in [0.25, 0.3) is 0 Å². The number of hydrogen-bond acceptors (Lipinski definition) is 2. The Morgan fingerprint density at radius 2 is 1.86 bits per heavy atom. The molecule has 0 aromatic carbocycles. The number of carbonyl (C=O) groups excluding carboxylic acids is 1. The van der Waals surface area contributed by atoms with Crippen LogP contribution in [0.3, 0.4) is 0 Å². The molecule has 0 N–H and O–H groups in total. The quantitative estimate of drug-likeness (QED) is 0.440. The van der Waals surface area contributed by atoms with Gasteiger partial charge in [-0.1, -0.05) is 44.1 Å². The lowest BCUT2D eigenvalue weighted by atomic mass is 10.2. The number of rotatable bonds is 8. The lowest BCUT2D eigenvalue weighted by Crippen LogP contribution is -2.20. The molecule has 0 spiro atoms. The Balaban J connectivity index is 3.25. The minimum absolute atomic E-state index is 0.0175. The van der Waals surface area contributed by atoms with Crippen molar-refractivity contribution >= 4 is 5.97 Å². The summed E-state index contributed by atoms with van der Waals surface area (Å²) in [6.07, 6.45) is 13.4. The Morgan fingerprint density at radius 1 is 1.14 bits per heavy atom. The van der Waals surface area contributed by atoms with E-state index in [2.05, 4.69) is 19.1 Å². The largest absolute Gasteiger partial charge is 0.550 e. The van der Waals surface area contributed by atoms with Gasteiger partial charge in [0.1, 0.15) is 0 Å². The Morgan fingerprint density at radius 3 is 2.50 bits per heavy atom. The lowest BCUT2D eigenvalue weighted by molar-refractivity contribution is -0.304. The van der Waals surface area contributed by atoms with Crippen LogP contribution in [0.15, 0.2) is 24.3 Å². The van der Waals surface area contributed by atoms with Crippen molar-refractivity contribution in [3.05, 3.63) is 24.3 Å². The molecular weight excluding hydrogens is 176 g/mol. The minimum atomic E-state index is -1.02. The van der Waals surface area contributed by atoms with E-state index in [0.29, 0.717) is 0 Å². The summed E-state index contributed by atoms with van der Waals surface area (Å²) in [6, 6.07) is 0. The fraction of sp³-hybridized carbons (Fsp3) is 0.583. The highest BCUT2D eigenvalue weighted by atomic mass is 16.4. The second kappa shape index (κ2) is 10.0. The maximum absolute atomic E-state index is 10.0. The van der Waals surface area contributed by atoms with Crippen LogP contribution in [0.5, 0.6) is 0 Å². The highest BCUT2D eigenvalue weighted by Gasteiger charge is 1.81. The Labute approximate surface area is 86.3 Å². The number of hydrogen-bond donors (Lipinski definition) is 0. The topological polar surface area (TPSA) is 40.1 Å². The number of carboxylic acids is 1. The third-order valence-electron chi connectivity index (χ3n) is 1.86. The molecule has 0 saturated heterocycles. The molecule has 0 atom stereocenters. The molecular formula is C12H19O2-. The molecule has 0 aliphatic carbocycles. The molecule has 0 bridgehead atoms. The molecule has 0 aromatic heterocycles. The molecule has 0 aliphatic rings. The van der Waals surface area contributed by atoms with Gasteiger partial charge < -0.3 is 9.90 Å². The van der Waals surface area contributed by atoms with Gasteiger partial charge in [-0.2, -0.15) is 0 Å². The third-order valence-corrected chi connectivity index (χ3v) is 1.86. The summed E-state index contributed by atoms with van der Waals surface area (Å²) in [7, 11) is 0. The summed E-state index contributed by atoms with van der Waals surface area (Å²) in [4.78, 5) is 10.0. The molecule has 80 valence electrons. The summed E-state index contributed by atoms with van der Waals surface area (Å²) in [5.41, 5.74) is 0. The van der Waals surface area contributed by atoms with Crippen LogP contribution < -0.4 is 5.11 Å². The van der Waals surface area contributed by atoms with Gasteiger partial charge >= 0.3 is 0 Å². The number of unbranched alkanes of at least 4 members (excludes halogenated alkanes) is 3. The molecule has 0 amide bonds.